The molecule has 0 saturated carbocycles. The zero-order chi connectivity index (χ0) is 16.7. The van der Waals surface area contributed by atoms with Gasteiger partial charge in [-0.1, -0.05) is 6.92 Å². The van der Waals surface area contributed by atoms with Crippen LogP contribution in [0.1, 0.15) is 27.2 Å². The molecule has 1 aliphatic rings. The number of carboxylic acid groups (broad SMARTS) is 1. The molecule has 1 aliphatic heterocycles. The van der Waals surface area contributed by atoms with Crippen molar-refractivity contribution in [2.45, 2.75) is 38.8 Å². The number of carbonyl (C=O) groups excluding carboxylic acids is 1. The standard InChI is InChI=1S/C14H16N2O6/c1-4-10-12(17)15(14(2,3)13(18)19)9-6-5-8(16(20)21)7-11(9)22-10/h5-7,10H,4H2,1-3H3,(H,18,19). The summed E-state index contributed by atoms with van der Waals surface area (Å²) in [7, 11) is 0. The van der Waals surface area contributed by atoms with Crippen LogP contribution in [0.25, 0.3) is 0 Å². The lowest BCUT2D eigenvalue weighted by Crippen LogP contribution is -2.59. The number of nitro benzene ring substituents is 1. The first-order valence-electron chi connectivity index (χ1n) is 6.72. The van der Waals surface area contributed by atoms with E-state index in [4.69, 9.17) is 4.74 Å². The van der Waals surface area contributed by atoms with E-state index in [0.717, 1.165) is 4.90 Å². The lowest BCUT2D eigenvalue weighted by Gasteiger charge is -2.41. The molecule has 0 aliphatic carbocycles. The van der Waals surface area contributed by atoms with Gasteiger partial charge in [0.1, 0.15) is 5.54 Å². The van der Waals surface area contributed by atoms with Crippen LogP contribution in [0.2, 0.25) is 0 Å². The van der Waals surface area contributed by atoms with Crippen molar-refractivity contribution in [2.24, 2.45) is 0 Å². The number of benzene rings is 1. The molecule has 22 heavy (non-hydrogen) atoms. The van der Waals surface area contributed by atoms with Crippen molar-refractivity contribution in [3.8, 4) is 5.75 Å². The summed E-state index contributed by atoms with van der Waals surface area (Å²) in [6, 6.07) is 3.75. The number of amides is 1. The highest BCUT2D eigenvalue weighted by atomic mass is 16.6. The van der Waals surface area contributed by atoms with Gasteiger partial charge in [0.2, 0.25) is 0 Å². The molecule has 0 fully saturated rings. The van der Waals surface area contributed by atoms with Gasteiger partial charge in [-0.2, -0.15) is 0 Å². The predicted molar refractivity (Wildman–Crippen MR) is 77.0 cm³/mol. The van der Waals surface area contributed by atoms with Crippen LogP contribution in [-0.2, 0) is 9.59 Å². The minimum absolute atomic E-state index is 0.134. The van der Waals surface area contributed by atoms with E-state index in [1.54, 1.807) is 6.92 Å². The molecular formula is C14H16N2O6. The SMILES string of the molecule is CCC1Oc2cc([N+](=O)[O-])ccc2N(C(C)(C)C(=O)O)C1=O. The number of carbonyl (C=O) groups is 2. The molecule has 8 nitrogen and oxygen atoms in total. The van der Waals surface area contributed by atoms with E-state index in [9.17, 15) is 24.8 Å². The van der Waals surface area contributed by atoms with E-state index >= 15 is 0 Å². The molecule has 0 radical (unpaired) electrons. The monoisotopic (exact) mass is 308 g/mol. The Kier molecular flexibility index (Phi) is 3.78. The number of ether oxygens (including phenoxy) is 1. The van der Waals surface area contributed by atoms with Gasteiger partial charge in [-0.3, -0.25) is 19.8 Å². The van der Waals surface area contributed by atoms with Gasteiger partial charge in [0.05, 0.1) is 16.7 Å². The fourth-order valence-electron chi connectivity index (χ4n) is 2.29. The lowest BCUT2D eigenvalue weighted by molar-refractivity contribution is -0.384. The van der Waals surface area contributed by atoms with Crippen LogP contribution in [0.3, 0.4) is 0 Å². The summed E-state index contributed by atoms with van der Waals surface area (Å²) >= 11 is 0. The maximum atomic E-state index is 12.5. The summed E-state index contributed by atoms with van der Waals surface area (Å²) < 4.78 is 5.50. The number of carboxylic acids is 1. The first kappa shape index (κ1) is 15.7. The number of rotatable bonds is 4. The van der Waals surface area contributed by atoms with Gasteiger partial charge < -0.3 is 9.84 Å². The van der Waals surface area contributed by atoms with Gasteiger partial charge in [0.15, 0.2) is 11.9 Å². The smallest absolute Gasteiger partial charge is 0.329 e. The van der Waals surface area contributed by atoms with Crippen LogP contribution in [0.15, 0.2) is 18.2 Å². The summed E-state index contributed by atoms with van der Waals surface area (Å²) in [5, 5.41) is 20.3. The summed E-state index contributed by atoms with van der Waals surface area (Å²) in [5.74, 6) is -1.52. The van der Waals surface area contributed by atoms with Crippen molar-refractivity contribution in [3.63, 3.8) is 0 Å². The summed E-state index contributed by atoms with van der Waals surface area (Å²) in [6.45, 7) is 4.52. The maximum Gasteiger partial charge on any atom is 0.329 e. The molecular weight excluding hydrogens is 292 g/mol. The number of fused-ring (bicyclic) bond motifs is 1. The third-order valence-electron chi connectivity index (χ3n) is 3.61. The second-order valence-electron chi connectivity index (χ2n) is 5.46. The Hall–Kier alpha value is -2.64. The van der Waals surface area contributed by atoms with Crippen molar-refractivity contribution < 1.29 is 24.4 Å². The van der Waals surface area contributed by atoms with Crippen LogP contribution < -0.4 is 9.64 Å². The van der Waals surface area contributed by atoms with Crippen LogP contribution >= 0.6 is 0 Å². The van der Waals surface area contributed by atoms with Gasteiger partial charge in [-0.05, 0) is 26.3 Å². The molecule has 1 unspecified atom stereocenters. The van der Waals surface area contributed by atoms with Crippen molar-refractivity contribution in [1.29, 1.82) is 0 Å². The van der Waals surface area contributed by atoms with Crippen LogP contribution in [0.5, 0.6) is 5.75 Å². The van der Waals surface area contributed by atoms with Gasteiger partial charge in [-0.25, -0.2) is 4.79 Å². The molecule has 2 rings (SSSR count). The Morgan fingerprint density at radius 3 is 2.64 bits per heavy atom. The number of anilines is 1. The Balaban J connectivity index is 2.62. The van der Waals surface area contributed by atoms with E-state index in [-0.39, 0.29) is 17.1 Å². The maximum absolute atomic E-state index is 12.5. The van der Waals surface area contributed by atoms with Crippen LogP contribution in [-0.4, -0.2) is 33.5 Å². The minimum atomic E-state index is -1.50. The van der Waals surface area contributed by atoms with E-state index in [1.807, 2.05) is 0 Å². The number of hydrogen-bond acceptors (Lipinski definition) is 5. The molecule has 1 atom stereocenters. The van der Waals surface area contributed by atoms with Gasteiger partial charge in [0.25, 0.3) is 11.6 Å². The van der Waals surface area contributed by atoms with Crippen LogP contribution in [0, 0.1) is 10.1 Å². The molecule has 1 amide bonds. The van der Waals surface area contributed by atoms with Gasteiger partial charge in [-0.15, -0.1) is 0 Å². The Bertz CT molecular complexity index is 655. The first-order valence-corrected chi connectivity index (χ1v) is 6.72. The number of nitrogens with zero attached hydrogens (tertiary/aromatic N) is 2. The Morgan fingerprint density at radius 2 is 2.14 bits per heavy atom. The summed E-state index contributed by atoms with van der Waals surface area (Å²) in [5.41, 5.74) is -1.47. The molecule has 0 saturated heterocycles. The number of aliphatic carboxylic acids is 1. The number of nitro groups is 1. The van der Waals surface area contributed by atoms with Gasteiger partial charge >= 0.3 is 5.97 Å². The van der Waals surface area contributed by atoms with Crippen molar-refractivity contribution in [1.82, 2.24) is 0 Å². The van der Waals surface area contributed by atoms with Crippen LogP contribution in [0.4, 0.5) is 11.4 Å². The fraction of sp³-hybridized carbons (Fsp3) is 0.429. The predicted octanol–water partition coefficient (Wildman–Crippen LogP) is 1.96. The topological polar surface area (TPSA) is 110 Å². The average molecular weight is 308 g/mol. The Morgan fingerprint density at radius 1 is 1.50 bits per heavy atom. The zero-order valence-electron chi connectivity index (χ0n) is 12.4. The lowest BCUT2D eigenvalue weighted by atomic mass is 9.98. The quantitative estimate of drug-likeness (QED) is 0.672. The van der Waals surface area contributed by atoms with E-state index in [0.29, 0.717) is 6.42 Å². The van der Waals surface area contributed by atoms with Crippen molar-refractivity contribution >= 4 is 23.3 Å². The normalized spacial score (nSPS) is 17.7. The fourth-order valence-corrected chi connectivity index (χ4v) is 2.29. The number of hydrogen-bond donors (Lipinski definition) is 1. The zero-order valence-corrected chi connectivity index (χ0v) is 12.4. The van der Waals surface area contributed by atoms with Crippen molar-refractivity contribution in [3.05, 3.63) is 28.3 Å². The molecule has 1 aromatic carbocycles. The third-order valence-corrected chi connectivity index (χ3v) is 3.61. The molecule has 0 bridgehead atoms. The highest BCUT2D eigenvalue weighted by molar-refractivity contribution is 6.06. The molecule has 118 valence electrons. The molecule has 8 heteroatoms. The second kappa shape index (κ2) is 5.28. The van der Waals surface area contributed by atoms with E-state index < -0.39 is 28.4 Å². The molecule has 1 aromatic rings. The summed E-state index contributed by atoms with van der Waals surface area (Å²) in [6.07, 6.45) is -0.541. The highest BCUT2D eigenvalue weighted by Crippen LogP contribution is 2.40. The van der Waals surface area contributed by atoms with E-state index in [2.05, 4.69) is 0 Å². The molecule has 1 heterocycles. The average Bonchev–Trinajstić information content (AvgIpc) is 2.45. The highest BCUT2D eigenvalue weighted by Gasteiger charge is 2.46. The number of non-ortho nitro benzene ring substituents is 1. The largest absolute Gasteiger partial charge is 0.480 e. The van der Waals surface area contributed by atoms with E-state index in [1.165, 1.54) is 32.0 Å². The van der Waals surface area contributed by atoms with Gasteiger partial charge in [0, 0.05) is 6.07 Å². The molecule has 0 aromatic heterocycles. The first-order chi connectivity index (χ1) is 10.2. The molecule has 0 spiro atoms. The minimum Gasteiger partial charge on any atom is -0.480 e. The Labute approximate surface area is 126 Å². The third kappa shape index (κ3) is 2.36. The second-order valence-corrected chi connectivity index (χ2v) is 5.46. The summed E-state index contributed by atoms with van der Waals surface area (Å²) in [4.78, 5) is 35.4. The molecule has 1 N–H and O–H groups in total. The van der Waals surface area contributed by atoms with Crippen molar-refractivity contribution in [2.75, 3.05) is 4.90 Å².